The van der Waals surface area contributed by atoms with E-state index in [1.807, 2.05) is 30.9 Å². The summed E-state index contributed by atoms with van der Waals surface area (Å²) in [5, 5.41) is 0. The number of imidazole rings is 1. The third-order valence-electron chi connectivity index (χ3n) is 5.24. The number of nitrogens with zero attached hydrogens (tertiary/aromatic N) is 5. The largest absolute Gasteiger partial charge is 0.298 e. The molecule has 0 aliphatic carbocycles. The van der Waals surface area contributed by atoms with E-state index in [1.54, 1.807) is 0 Å². The van der Waals surface area contributed by atoms with Gasteiger partial charge in [-0.1, -0.05) is 26.0 Å². The first-order chi connectivity index (χ1) is 13.2. The molecule has 27 heavy (non-hydrogen) atoms. The van der Waals surface area contributed by atoms with E-state index in [0.29, 0.717) is 11.8 Å². The number of aromatic nitrogens is 4. The second-order valence-electron chi connectivity index (χ2n) is 7.67. The lowest BCUT2D eigenvalue weighted by Gasteiger charge is -2.32. The summed E-state index contributed by atoms with van der Waals surface area (Å²) >= 11 is 0. The number of rotatable bonds is 5. The van der Waals surface area contributed by atoms with Crippen LogP contribution in [0.4, 0.5) is 0 Å². The Morgan fingerprint density at radius 3 is 2.89 bits per heavy atom. The van der Waals surface area contributed by atoms with Gasteiger partial charge in [0, 0.05) is 55.4 Å². The fraction of sp³-hybridized carbons (Fsp3) is 0.409. The van der Waals surface area contributed by atoms with Crippen LogP contribution >= 0.6 is 0 Å². The van der Waals surface area contributed by atoms with E-state index in [4.69, 9.17) is 4.98 Å². The first-order valence-corrected chi connectivity index (χ1v) is 9.82. The third kappa shape index (κ3) is 4.08. The summed E-state index contributed by atoms with van der Waals surface area (Å²) in [6, 6.07) is 10.5. The molecular weight excluding hydrogens is 334 g/mol. The molecule has 0 aromatic carbocycles. The summed E-state index contributed by atoms with van der Waals surface area (Å²) < 4.78 is 2.12. The van der Waals surface area contributed by atoms with E-state index in [2.05, 4.69) is 57.5 Å². The molecule has 0 spiro atoms. The molecule has 1 fully saturated rings. The van der Waals surface area contributed by atoms with Crippen LogP contribution in [0.15, 0.2) is 55.1 Å². The van der Waals surface area contributed by atoms with Crippen molar-refractivity contribution in [2.75, 3.05) is 13.1 Å². The normalized spacial score (nSPS) is 18.1. The van der Waals surface area contributed by atoms with E-state index >= 15 is 0 Å². The molecule has 0 amide bonds. The van der Waals surface area contributed by atoms with Crippen molar-refractivity contribution < 1.29 is 0 Å². The first-order valence-electron chi connectivity index (χ1n) is 9.82. The van der Waals surface area contributed by atoms with Crippen molar-refractivity contribution >= 4 is 0 Å². The smallest absolute Gasteiger partial charge is 0.138 e. The lowest BCUT2D eigenvalue weighted by atomic mass is 9.94. The second-order valence-corrected chi connectivity index (χ2v) is 7.67. The van der Waals surface area contributed by atoms with Crippen molar-refractivity contribution in [1.82, 2.24) is 24.4 Å². The van der Waals surface area contributed by atoms with Crippen LogP contribution in [0, 0.1) is 0 Å². The summed E-state index contributed by atoms with van der Waals surface area (Å²) in [6.07, 6.45) is 10.1. The summed E-state index contributed by atoms with van der Waals surface area (Å²) in [6.45, 7) is 7.49. The van der Waals surface area contributed by atoms with Gasteiger partial charge in [0.15, 0.2) is 0 Å². The maximum atomic E-state index is 5.01. The van der Waals surface area contributed by atoms with Crippen molar-refractivity contribution in [1.29, 1.82) is 0 Å². The molecule has 0 N–H and O–H groups in total. The molecule has 1 saturated heterocycles. The van der Waals surface area contributed by atoms with Crippen molar-refractivity contribution in [3.8, 4) is 5.82 Å². The predicted octanol–water partition coefficient (Wildman–Crippen LogP) is 4.17. The Labute approximate surface area is 161 Å². The van der Waals surface area contributed by atoms with Crippen LogP contribution in [0.2, 0.25) is 0 Å². The van der Waals surface area contributed by atoms with Gasteiger partial charge in [0.05, 0.1) is 0 Å². The highest BCUT2D eigenvalue weighted by Gasteiger charge is 2.23. The molecule has 0 unspecified atom stereocenters. The maximum absolute atomic E-state index is 5.01. The molecule has 3 aromatic rings. The monoisotopic (exact) mass is 361 g/mol. The Morgan fingerprint density at radius 2 is 2.07 bits per heavy atom. The molecule has 5 nitrogen and oxygen atoms in total. The van der Waals surface area contributed by atoms with Crippen molar-refractivity contribution in [2.24, 2.45) is 0 Å². The lowest BCUT2D eigenvalue weighted by molar-refractivity contribution is 0.198. The SMILES string of the molecule is CC(C)c1nccn1-c1cccc([C@@H]2CCCN(Cc3cccnc3)C2)n1. The maximum Gasteiger partial charge on any atom is 0.138 e. The molecule has 5 heteroatoms. The molecule has 1 aliphatic rings. The van der Waals surface area contributed by atoms with Crippen LogP contribution < -0.4 is 0 Å². The number of hydrogen-bond acceptors (Lipinski definition) is 4. The molecule has 0 saturated carbocycles. The van der Waals surface area contributed by atoms with E-state index in [1.165, 1.54) is 24.1 Å². The molecule has 4 rings (SSSR count). The van der Waals surface area contributed by atoms with Gasteiger partial charge in [0.2, 0.25) is 0 Å². The molecule has 3 aromatic heterocycles. The lowest BCUT2D eigenvalue weighted by Crippen LogP contribution is -2.34. The summed E-state index contributed by atoms with van der Waals surface area (Å²) in [4.78, 5) is 16.3. The van der Waals surface area contributed by atoms with E-state index in [0.717, 1.165) is 31.3 Å². The van der Waals surface area contributed by atoms with Crippen LogP contribution in [-0.2, 0) is 6.54 Å². The Balaban J connectivity index is 1.52. The minimum Gasteiger partial charge on any atom is -0.298 e. The van der Waals surface area contributed by atoms with Crippen molar-refractivity contribution in [3.05, 3.63) is 72.2 Å². The van der Waals surface area contributed by atoms with Gasteiger partial charge in [0.25, 0.3) is 0 Å². The molecule has 4 heterocycles. The zero-order chi connectivity index (χ0) is 18.6. The minimum absolute atomic E-state index is 0.370. The summed E-state index contributed by atoms with van der Waals surface area (Å²) in [5.41, 5.74) is 2.46. The van der Waals surface area contributed by atoms with Gasteiger partial charge in [-0.3, -0.25) is 14.5 Å². The molecule has 0 bridgehead atoms. The molecular formula is C22H27N5. The van der Waals surface area contributed by atoms with Crippen LogP contribution in [0.5, 0.6) is 0 Å². The second kappa shape index (κ2) is 8.01. The van der Waals surface area contributed by atoms with Crippen molar-refractivity contribution in [2.45, 2.75) is 45.1 Å². The number of pyridine rings is 2. The first kappa shape index (κ1) is 17.9. The fourth-order valence-electron chi connectivity index (χ4n) is 3.93. The van der Waals surface area contributed by atoms with E-state index < -0.39 is 0 Å². The van der Waals surface area contributed by atoms with Crippen LogP contribution in [0.25, 0.3) is 5.82 Å². The van der Waals surface area contributed by atoms with E-state index in [9.17, 15) is 0 Å². The average molecular weight is 361 g/mol. The van der Waals surface area contributed by atoms with Gasteiger partial charge >= 0.3 is 0 Å². The highest BCUT2D eigenvalue weighted by molar-refractivity contribution is 5.29. The molecule has 1 atom stereocenters. The third-order valence-corrected chi connectivity index (χ3v) is 5.24. The zero-order valence-electron chi connectivity index (χ0n) is 16.1. The van der Waals surface area contributed by atoms with Crippen LogP contribution in [0.1, 0.15) is 55.6 Å². The van der Waals surface area contributed by atoms with Crippen LogP contribution in [-0.4, -0.2) is 37.5 Å². The number of hydrogen-bond donors (Lipinski definition) is 0. The average Bonchev–Trinajstić information content (AvgIpc) is 3.19. The van der Waals surface area contributed by atoms with E-state index in [-0.39, 0.29) is 0 Å². The predicted molar refractivity (Wildman–Crippen MR) is 107 cm³/mol. The molecule has 140 valence electrons. The topological polar surface area (TPSA) is 46.8 Å². The number of piperidine rings is 1. The minimum atomic E-state index is 0.370. The summed E-state index contributed by atoms with van der Waals surface area (Å²) in [7, 11) is 0. The number of likely N-dealkylation sites (tertiary alicyclic amines) is 1. The van der Waals surface area contributed by atoms with Gasteiger partial charge in [-0.15, -0.1) is 0 Å². The Hall–Kier alpha value is -2.53. The zero-order valence-corrected chi connectivity index (χ0v) is 16.1. The standard InChI is InChI=1S/C22H27N5/c1-17(2)22-24-11-13-27(22)21-9-3-8-20(25-21)19-7-5-12-26(16-19)15-18-6-4-10-23-14-18/h3-4,6,8-11,13-14,17,19H,5,7,12,15-16H2,1-2H3/t19-/m1/s1. The Kier molecular flexibility index (Phi) is 5.30. The van der Waals surface area contributed by atoms with Crippen molar-refractivity contribution in [3.63, 3.8) is 0 Å². The Bertz CT molecular complexity index is 871. The van der Waals surface area contributed by atoms with Gasteiger partial charge in [-0.2, -0.15) is 0 Å². The fourth-order valence-corrected chi connectivity index (χ4v) is 3.93. The molecule has 0 radical (unpaired) electrons. The van der Waals surface area contributed by atoms with Gasteiger partial charge in [-0.05, 0) is 43.1 Å². The van der Waals surface area contributed by atoms with Gasteiger partial charge < -0.3 is 0 Å². The van der Waals surface area contributed by atoms with Crippen LogP contribution in [0.3, 0.4) is 0 Å². The van der Waals surface area contributed by atoms with Gasteiger partial charge in [-0.25, -0.2) is 9.97 Å². The van der Waals surface area contributed by atoms with Gasteiger partial charge in [0.1, 0.15) is 11.6 Å². The summed E-state index contributed by atoms with van der Waals surface area (Å²) in [5.74, 6) is 2.87. The molecule has 1 aliphatic heterocycles. The highest BCUT2D eigenvalue weighted by Crippen LogP contribution is 2.27. The highest BCUT2D eigenvalue weighted by atomic mass is 15.1. The quantitative estimate of drug-likeness (QED) is 0.684. The Morgan fingerprint density at radius 1 is 1.15 bits per heavy atom.